The molecule has 23 heavy (non-hydrogen) atoms. The number of para-hydroxylation sites is 2. The second-order valence-electron chi connectivity index (χ2n) is 6.31. The molecule has 3 rings (SSSR count). The lowest BCUT2D eigenvalue weighted by Gasteiger charge is -2.19. The summed E-state index contributed by atoms with van der Waals surface area (Å²) in [7, 11) is 4.40. The Bertz CT molecular complexity index is 750. The summed E-state index contributed by atoms with van der Waals surface area (Å²) in [6, 6.07) is 19.5. The van der Waals surface area contributed by atoms with E-state index in [4.69, 9.17) is 4.98 Å². The molecule has 1 aromatic heterocycles. The van der Waals surface area contributed by atoms with Crippen molar-refractivity contribution in [2.45, 2.75) is 19.4 Å². The predicted octanol–water partition coefficient (Wildman–Crippen LogP) is -0.663. The van der Waals surface area contributed by atoms with Crippen molar-refractivity contribution in [1.29, 1.82) is 0 Å². The van der Waals surface area contributed by atoms with Gasteiger partial charge in [0.05, 0.1) is 37.7 Å². The summed E-state index contributed by atoms with van der Waals surface area (Å²) in [4.78, 5) is 6.34. The van der Waals surface area contributed by atoms with Crippen LogP contribution in [0.25, 0.3) is 11.0 Å². The van der Waals surface area contributed by atoms with Gasteiger partial charge in [-0.3, -0.25) is 0 Å². The van der Waals surface area contributed by atoms with Gasteiger partial charge in [-0.15, -0.1) is 0 Å². The lowest BCUT2D eigenvalue weighted by atomic mass is 10.1. The number of fused-ring (bicyclic) bond motifs is 1. The molecule has 0 spiro atoms. The molecule has 0 bridgehead atoms. The third-order valence-electron chi connectivity index (χ3n) is 4.02. The van der Waals surface area contributed by atoms with Gasteiger partial charge in [0.2, 0.25) is 0 Å². The molecule has 1 heterocycles. The van der Waals surface area contributed by atoms with Gasteiger partial charge in [-0.2, -0.15) is 0 Å². The molecule has 2 aromatic carbocycles. The highest BCUT2D eigenvalue weighted by Gasteiger charge is 2.17. The summed E-state index contributed by atoms with van der Waals surface area (Å²) in [5.41, 5.74) is 3.64. The van der Waals surface area contributed by atoms with Gasteiger partial charge >= 0.3 is 0 Å². The number of quaternary nitrogens is 1. The molecule has 0 saturated heterocycles. The number of halogens is 1. The zero-order valence-corrected chi connectivity index (χ0v) is 14.7. The Kier molecular flexibility index (Phi) is 5.80. The molecule has 0 amide bonds. The first-order valence-electron chi connectivity index (χ1n) is 7.94. The van der Waals surface area contributed by atoms with Crippen LogP contribution in [0.3, 0.4) is 0 Å². The van der Waals surface area contributed by atoms with Crippen molar-refractivity contribution in [3.8, 4) is 0 Å². The number of rotatable bonds is 5. The van der Waals surface area contributed by atoms with Crippen LogP contribution in [0.4, 0.5) is 0 Å². The number of hydrogen-bond donors (Lipinski definition) is 1. The maximum absolute atomic E-state index is 4.89. The highest BCUT2D eigenvalue weighted by atomic mass is 35.5. The Hall–Kier alpha value is -1.84. The van der Waals surface area contributed by atoms with Crippen LogP contribution in [-0.4, -0.2) is 30.2 Å². The number of aromatic nitrogens is 2. The molecule has 0 radical (unpaired) electrons. The normalized spacial score (nSPS) is 12.3. The first-order chi connectivity index (χ1) is 10.6. The van der Waals surface area contributed by atoms with Gasteiger partial charge in [0, 0.05) is 6.42 Å². The Labute approximate surface area is 144 Å². The van der Waals surface area contributed by atoms with Crippen molar-refractivity contribution >= 4 is 11.0 Å². The van der Waals surface area contributed by atoms with Crippen molar-refractivity contribution in [1.82, 2.24) is 9.55 Å². The SMILES string of the molecule is CC(C[NH+](C)C)n1c(Cc2ccccc2)nc2ccccc21.[Cl-]. The third kappa shape index (κ3) is 3.92. The summed E-state index contributed by atoms with van der Waals surface area (Å²) in [6.45, 7) is 3.37. The van der Waals surface area contributed by atoms with E-state index in [0.717, 1.165) is 24.3 Å². The van der Waals surface area contributed by atoms with Gasteiger partial charge in [0.25, 0.3) is 0 Å². The van der Waals surface area contributed by atoms with E-state index in [9.17, 15) is 0 Å². The molecule has 3 nitrogen and oxygen atoms in total. The fourth-order valence-corrected chi connectivity index (χ4v) is 3.17. The molecule has 0 saturated carbocycles. The summed E-state index contributed by atoms with van der Waals surface area (Å²) in [5.74, 6) is 1.15. The Morgan fingerprint density at radius 3 is 2.35 bits per heavy atom. The van der Waals surface area contributed by atoms with Crippen LogP contribution in [0.5, 0.6) is 0 Å². The molecule has 4 heteroatoms. The molecule has 122 valence electrons. The fraction of sp³-hybridized carbons (Fsp3) is 0.316. The van der Waals surface area contributed by atoms with Crippen molar-refractivity contribution in [2.24, 2.45) is 0 Å². The Morgan fingerprint density at radius 1 is 1.00 bits per heavy atom. The van der Waals surface area contributed by atoms with E-state index in [1.54, 1.807) is 0 Å². The zero-order chi connectivity index (χ0) is 15.5. The van der Waals surface area contributed by atoms with Crippen molar-refractivity contribution < 1.29 is 17.3 Å². The van der Waals surface area contributed by atoms with Crippen molar-refractivity contribution in [2.75, 3.05) is 20.6 Å². The largest absolute Gasteiger partial charge is 1.00 e. The zero-order valence-electron chi connectivity index (χ0n) is 14.0. The van der Waals surface area contributed by atoms with Crippen LogP contribution in [0.2, 0.25) is 0 Å². The first-order valence-corrected chi connectivity index (χ1v) is 7.94. The highest BCUT2D eigenvalue weighted by Crippen LogP contribution is 2.22. The smallest absolute Gasteiger partial charge is 0.114 e. The number of benzene rings is 2. The summed E-state index contributed by atoms with van der Waals surface area (Å²) in [6.07, 6.45) is 0.878. The Balaban J connectivity index is 0.00000192. The number of imidazole rings is 1. The minimum atomic E-state index is 0. The molecular formula is C19H24ClN3. The number of likely N-dealkylation sites (N-methyl/N-ethyl adjacent to an activating group) is 1. The molecular weight excluding hydrogens is 306 g/mol. The van der Waals surface area contributed by atoms with Gasteiger partial charge in [-0.1, -0.05) is 42.5 Å². The maximum atomic E-state index is 4.89. The molecule has 1 unspecified atom stereocenters. The van der Waals surface area contributed by atoms with Gasteiger partial charge in [0.15, 0.2) is 0 Å². The molecule has 3 aromatic rings. The van der Waals surface area contributed by atoms with Gasteiger partial charge < -0.3 is 21.9 Å². The number of hydrogen-bond acceptors (Lipinski definition) is 1. The highest BCUT2D eigenvalue weighted by molar-refractivity contribution is 5.76. The molecule has 0 fully saturated rings. The maximum Gasteiger partial charge on any atom is 0.114 e. The predicted molar refractivity (Wildman–Crippen MR) is 91.4 cm³/mol. The van der Waals surface area contributed by atoms with E-state index in [2.05, 4.69) is 80.2 Å². The van der Waals surface area contributed by atoms with Crippen LogP contribution in [0.15, 0.2) is 54.6 Å². The summed E-state index contributed by atoms with van der Waals surface area (Å²) < 4.78 is 2.41. The average Bonchev–Trinajstić information content (AvgIpc) is 2.85. The lowest BCUT2D eigenvalue weighted by Crippen LogP contribution is -3.06. The van der Waals surface area contributed by atoms with Gasteiger partial charge in [0.1, 0.15) is 5.82 Å². The molecule has 0 aliphatic carbocycles. The van der Waals surface area contributed by atoms with E-state index in [-0.39, 0.29) is 12.4 Å². The molecule has 0 aliphatic rings. The summed E-state index contributed by atoms with van der Waals surface area (Å²) in [5, 5.41) is 0. The van der Waals surface area contributed by atoms with E-state index >= 15 is 0 Å². The van der Waals surface area contributed by atoms with Crippen LogP contribution in [0, 0.1) is 0 Å². The number of nitrogens with one attached hydrogen (secondary N) is 1. The lowest BCUT2D eigenvalue weighted by molar-refractivity contribution is -0.860. The van der Waals surface area contributed by atoms with E-state index in [1.165, 1.54) is 16.0 Å². The minimum absolute atomic E-state index is 0. The topological polar surface area (TPSA) is 22.3 Å². The van der Waals surface area contributed by atoms with Crippen LogP contribution >= 0.6 is 0 Å². The van der Waals surface area contributed by atoms with Crippen LogP contribution < -0.4 is 17.3 Å². The Morgan fingerprint density at radius 2 is 1.65 bits per heavy atom. The fourth-order valence-electron chi connectivity index (χ4n) is 3.17. The van der Waals surface area contributed by atoms with Crippen molar-refractivity contribution in [3.63, 3.8) is 0 Å². The second kappa shape index (κ2) is 7.62. The first kappa shape index (κ1) is 17.5. The minimum Gasteiger partial charge on any atom is -1.00 e. The quantitative estimate of drug-likeness (QED) is 0.659. The second-order valence-corrected chi connectivity index (χ2v) is 6.31. The van der Waals surface area contributed by atoms with Gasteiger partial charge in [-0.25, -0.2) is 4.98 Å². The van der Waals surface area contributed by atoms with Gasteiger partial charge in [-0.05, 0) is 24.6 Å². The molecule has 1 N–H and O–H groups in total. The average molecular weight is 330 g/mol. The van der Waals surface area contributed by atoms with E-state index in [0.29, 0.717) is 6.04 Å². The number of nitrogens with zero attached hydrogens (tertiary/aromatic N) is 2. The standard InChI is InChI=1S/C19H23N3.ClH/c1-15(14-21(2)3)22-18-12-8-7-11-17(18)20-19(22)13-16-9-5-4-6-10-16;/h4-12,15H,13-14H2,1-3H3;1H. The molecule has 0 aliphatic heterocycles. The monoisotopic (exact) mass is 329 g/mol. The van der Waals surface area contributed by atoms with Crippen LogP contribution in [0.1, 0.15) is 24.4 Å². The third-order valence-corrected chi connectivity index (χ3v) is 4.02. The van der Waals surface area contributed by atoms with Crippen LogP contribution in [-0.2, 0) is 6.42 Å². The van der Waals surface area contributed by atoms with E-state index < -0.39 is 0 Å². The molecule has 1 atom stereocenters. The van der Waals surface area contributed by atoms with Crippen molar-refractivity contribution in [3.05, 3.63) is 66.0 Å². The summed E-state index contributed by atoms with van der Waals surface area (Å²) >= 11 is 0. The van der Waals surface area contributed by atoms with E-state index in [1.807, 2.05) is 0 Å².